The maximum atomic E-state index is 11.6. The molecule has 0 saturated heterocycles. The molecule has 0 aliphatic rings. The van der Waals surface area contributed by atoms with Crippen LogP contribution in [0, 0.1) is 0 Å². The fourth-order valence-corrected chi connectivity index (χ4v) is 2.68. The number of aliphatic hydroxyl groups excluding tert-OH is 10. The summed E-state index contributed by atoms with van der Waals surface area (Å²) in [5.74, 6) is -2.35. The van der Waals surface area contributed by atoms with Crippen LogP contribution >= 0.6 is 0 Å². The molecule has 0 fully saturated rings. The van der Waals surface area contributed by atoms with Crippen LogP contribution in [0.2, 0.25) is 0 Å². The number of para-hydroxylation sites is 1. The highest BCUT2D eigenvalue weighted by Gasteiger charge is 2.38. The Bertz CT molecular complexity index is 744. The van der Waals surface area contributed by atoms with Gasteiger partial charge in [0.1, 0.15) is 5.75 Å². The van der Waals surface area contributed by atoms with E-state index >= 15 is 0 Å². The van der Waals surface area contributed by atoms with Crippen molar-refractivity contribution in [2.24, 2.45) is 0 Å². The van der Waals surface area contributed by atoms with Gasteiger partial charge in [0, 0.05) is 84.6 Å². The number of benzene rings is 1. The van der Waals surface area contributed by atoms with Crippen molar-refractivity contribution in [1.29, 1.82) is 0 Å². The molecule has 0 aliphatic carbocycles. The van der Waals surface area contributed by atoms with Gasteiger partial charge in [0.05, 0.1) is 0 Å². The number of aliphatic hydroxyl groups is 10. The van der Waals surface area contributed by atoms with Gasteiger partial charge in [0.2, 0.25) is 0 Å². The largest absolute Gasteiger partial charge is 0.455 e. The van der Waals surface area contributed by atoms with E-state index in [2.05, 4.69) is 20.1 Å². The summed E-state index contributed by atoms with van der Waals surface area (Å²) in [6.07, 6.45) is 10.0. The second-order valence-corrected chi connectivity index (χ2v) is 9.86. The molecule has 0 saturated carbocycles. The third-order valence-electron chi connectivity index (χ3n) is 4.25. The van der Waals surface area contributed by atoms with Gasteiger partial charge in [-0.15, -0.1) is 4.89 Å². The van der Waals surface area contributed by atoms with Crippen molar-refractivity contribution in [3.05, 3.63) is 55.6 Å². The number of carbonyl (C=O) groups is 2. The first-order valence-corrected chi connectivity index (χ1v) is 20.3. The van der Waals surface area contributed by atoms with Crippen molar-refractivity contribution >= 4 is 11.9 Å². The fraction of sp³-hybridized carbons (Fsp3) is 0.721. The maximum Gasteiger partial charge on any atom is 0.365 e. The number of ether oxygens (including phenoxy) is 2. The molecule has 0 aromatic heterocycles. The summed E-state index contributed by atoms with van der Waals surface area (Å²) >= 11 is 0. The normalized spacial score (nSPS) is 9.17. The van der Waals surface area contributed by atoms with Gasteiger partial charge in [0.15, 0.2) is 6.61 Å². The molecule has 1 aromatic carbocycles. The number of hydrogen-bond donors (Lipinski definition) is 10. The third-order valence-corrected chi connectivity index (χ3v) is 4.25. The van der Waals surface area contributed by atoms with Gasteiger partial charge in [-0.2, -0.15) is 0 Å². The van der Waals surface area contributed by atoms with E-state index in [9.17, 15) is 9.59 Å². The molecule has 0 amide bonds. The average Bonchev–Trinajstić information content (AvgIpc) is 3.19. The molecule has 0 radical (unpaired) electrons. The van der Waals surface area contributed by atoms with E-state index in [-0.39, 0.29) is 72.7 Å². The molecule has 10 N–H and O–H groups in total. The van der Waals surface area contributed by atoms with Crippen molar-refractivity contribution < 1.29 is 79.9 Å². The topological polar surface area (TPSA) is 273 Å². The van der Waals surface area contributed by atoms with Crippen LogP contribution in [0.15, 0.2) is 55.6 Å². The van der Waals surface area contributed by atoms with Gasteiger partial charge in [-0.05, 0) is 87.8 Å². The molecular formula is C43H92O16. The van der Waals surface area contributed by atoms with Crippen molar-refractivity contribution in [2.45, 2.75) is 133 Å². The van der Waals surface area contributed by atoms with Crippen LogP contribution in [0.4, 0.5) is 0 Å². The molecule has 59 heavy (non-hydrogen) atoms. The van der Waals surface area contributed by atoms with Crippen LogP contribution in [0.3, 0.4) is 0 Å². The molecule has 360 valence electrons. The summed E-state index contributed by atoms with van der Waals surface area (Å²) in [5.41, 5.74) is 0. The van der Waals surface area contributed by atoms with Crippen LogP contribution in [-0.4, -0.2) is 141 Å². The summed E-state index contributed by atoms with van der Waals surface area (Å²) < 4.78 is 11.2. The van der Waals surface area contributed by atoms with Crippen LogP contribution in [0.1, 0.15) is 128 Å². The van der Waals surface area contributed by atoms with Gasteiger partial charge in [0.25, 0.3) is 5.79 Å². The number of rotatable bonds is 16. The Hall–Kier alpha value is -3.00. The quantitative estimate of drug-likeness (QED) is 0.0253. The molecule has 1 rings (SSSR count). The van der Waals surface area contributed by atoms with Crippen molar-refractivity contribution in [1.82, 2.24) is 0 Å². The van der Waals surface area contributed by atoms with Crippen LogP contribution in [0.25, 0.3) is 0 Å². The van der Waals surface area contributed by atoms with Gasteiger partial charge in [-0.25, -0.2) is 9.59 Å². The molecule has 0 bridgehead atoms. The molecule has 1 aromatic rings. The lowest BCUT2D eigenvalue weighted by atomic mass is 10.0. The first kappa shape index (κ1) is 80.1. The SMILES string of the molecule is C=CC(=O)OCC(CCCCCCCCC)(OOC(=O)C=C)Oc1ccccc1.CCO.CCO.CCO.CCO.CCO.CCO.CCO.CCO.CCO.CCO. The van der Waals surface area contributed by atoms with Gasteiger partial charge in [-0.1, -0.05) is 76.8 Å². The van der Waals surface area contributed by atoms with Crippen molar-refractivity contribution in [3.8, 4) is 5.75 Å². The smallest absolute Gasteiger partial charge is 0.365 e. The van der Waals surface area contributed by atoms with Crippen LogP contribution in [0.5, 0.6) is 5.75 Å². The first-order valence-electron chi connectivity index (χ1n) is 20.3. The minimum absolute atomic E-state index is 0.250. The molecule has 1 atom stereocenters. The van der Waals surface area contributed by atoms with Gasteiger partial charge < -0.3 is 60.5 Å². The van der Waals surface area contributed by atoms with E-state index < -0.39 is 17.7 Å². The second-order valence-electron chi connectivity index (χ2n) is 9.86. The van der Waals surface area contributed by atoms with E-state index in [0.29, 0.717) is 12.2 Å². The number of esters is 1. The predicted molar refractivity (Wildman–Crippen MR) is 239 cm³/mol. The van der Waals surface area contributed by atoms with Crippen molar-refractivity contribution in [2.75, 3.05) is 72.7 Å². The van der Waals surface area contributed by atoms with Gasteiger partial charge in [-0.3, -0.25) is 4.89 Å². The second kappa shape index (κ2) is 90.9. The summed E-state index contributed by atoms with van der Waals surface area (Å²) in [4.78, 5) is 33.3. The Morgan fingerprint density at radius 2 is 0.814 bits per heavy atom. The zero-order valence-corrected chi connectivity index (χ0v) is 38.8. The Balaban J connectivity index is -0.0000000811. The lowest BCUT2D eigenvalue weighted by molar-refractivity contribution is -0.390. The highest BCUT2D eigenvalue weighted by atomic mass is 17.2. The van der Waals surface area contributed by atoms with E-state index in [0.717, 1.165) is 37.8 Å². The number of hydrogen-bond acceptors (Lipinski definition) is 16. The van der Waals surface area contributed by atoms with Crippen LogP contribution < -0.4 is 4.74 Å². The first-order chi connectivity index (χ1) is 28.2. The highest BCUT2D eigenvalue weighted by Crippen LogP contribution is 2.27. The fourth-order valence-electron chi connectivity index (χ4n) is 2.68. The Morgan fingerprint density at radius 3 is 1.12 bits per heavy atom. The minimum atomic E-state index is -1.47. The van der Waals surface area contributed by atoms with E-state index in [1.165, 1.54) is 19.3 Å². The van der Waals surface area contributed by atoms with E-state index in [1.54, 1.807) is 93.5 Å². The summed E-state index contributed by atoms with van der Waals surface area (Å²) in [5, 5.41) is 75.7. The predicted octanol–water partition coefficient (Wildman–Crippen LogP) is 5.28. The standard InChI is InChI=1S/C23H32O6.10C2H6O/c1-4-7-8-9-10-11-15-18-23(19-26-21(24)5-2,29-28-22(25)6-3)27-20-16-13-12-14-17-20;10*1-2-3/h5-6,12-14,16-17H,2-4,7-11,15,18-19H2,1H3;10*3H,2H2,1H3. The lowest BCUT2D eigenvalue weighted by Gasteiger charge is -2.31. The molecule has 1 unspecified atom stereocenters. The zero-order chi connectivity index (χ0) is 48.4. The molecule has 0 heterocycles. The summed E-state index contributed by atoms with van der Waals surface area (Å²) in [6.45, 7) is 28.0. The lowest BCUT2D eigenvalue weighted by Crippen LogP contribution is -2.45. The molecular weight excluding hydrogens is 772 g/mol. The molecule has 0 spiro atoms. The maximum absolute atomic E-state index is 11.6. The van der Waals surface area contributed by atoms with E-state index in [1.807, 2.05) is 6.07 Å². The number of carbonyl (C=O) groups excluding carboxylic acids is 2. The van der Waals surface area contributed by atoms with Crippen LogP contribution in [-0.2, 0) is 24.1 Å². The van der Waals surface area contributed by atoms with Gasteiger partial charge >= 0.3 is 11.9 Å². The van der Waals surface area contributed by atoms with Crippen molar-refractivity contribution in [3.63, 3.8) is 0 Å². The highest BCUT2D eigenvalue weighted by molar-refractivity contribution is 5.81. The Labute approximate surface area is 358 Å². The Morgan fingerprint density at radius 1 is 0.508 bits per heavy atom. The molecule has 16 nitrogen and oxygen atoms in total. The molecule has 16 heteroatoms. The zero-order valence-electron chi connectivity index (χ0n) is 38.8. The monoisotopic (exact) mass is 865 g/mol. The molecule has 0 aliphatic heterocycles. The third kappa shape index (κ3) is 119. The summed E-state index contributed by atoms with van der Waals surface area (Å²) in [6, 6.07) is 8.95. The minimum Gasteiger partial charge on any atom is -0.455 e. The Kier molecular flexibility index (Phi) is 123. The van der Waals surface area contributed by atoms with E-state index in [4.69, 9.17) is 70.3 Å². The summed E-state index contributed by atoms with van der Waals surface area (Å²) in [7, 11) is 0. The number of unbranched alkanes of at least 4 members (excludes halogenated alkanes) is 6. The average molecular weight is 865 g/mol.